The van der Waals surface area contributed by atoms with Crippen molar-refractivity contribution in [1.82, 2.24) is 10.2 Å². The van der Waals surface area contributed by atoms with Gasteiger partial charge in [0.25, 0.3) is 0 Å². The van der Waals surface area contributed by atoms with Crippen molar-refractivity contribution in [2.24, 2.45) is 5.92 Å². The lowest BCUT2D eigenvalue weighted by Gasteiger charge is -2.33. The normalized spacial score (nSPS) is 17.4. The zero-order valence-corrected chi connectivity index (χ0v) is 14.7. The van der Waals surface area contributed by atoms with Gasteiger partial charge in [-0.25, -0.2) is 0 Å². The molecule has 1 N–H and O–H groups in total. The number of hydrogen-bond acceptors (Lipinski definition) is 3. The smallest absolute Gasteiger partial charge is 0.227 e. The van der Waals surface area contributed by atoms with E-state index in [-0.39, 0.29) is 11.8 Å². The monoisotopic (exact) mass is 332 g/mol. The summed E-state index contributed by atoms with van der Waals surface area (Å²) >= 11 is 0. The molecule has 0 bridgehead atoms. The summed E-state index contributed by atoms with van der Waals surface area (Å²) in [5.41, 5.74) is 0.970. The lowest BCUT2D eigenvalue weighted by atomic mass is 9.97. The van der Waals surface area contributed by atoms with Gasteiger partial charge in [-0.15, -0.1) is 0 Å². The number of likely N-dealkylation sites (tertiary alicyclic amines) is 1. The van der Waals surface area contributed by atoms with Crippen LogP contribution in [0.2, 0.25) is 0 Å². The van der Waals surface area contributed by atoms with E-state index in [2.05, 4.69) is 5.32 Å². The fourth-order valence-electron chi connectivity index (χ4n) is 3.10. The molecule has 0 spiro atoms. The predicted molar refractivity (Wildman–Crippen MR) is 93.9 cm³/mol. The first-order valence-corrected chi connectivity index (χ1v) is 8.79. The minimum Gasteiger partial charge on any atom is -0.497 e. The lowest BCUT2D eigenvalue weighted by molar-refractivity contribution is -0.132. The van der Waals surface area contributed by atoms with Gasteiger partial charge in [-0.3, -0.25) is 9.59 Å². The maximum absolute atomic E-state index is 12.6. The van der Waals surface area contributed by atoms with Crippen molar-refractivity contribution in [3.63, 3.8) is 0 Å². The van der Waals surface area contributed by atoms with E-state index < -0.39 is 0 Å². The first kappa shape index (κ1) is 18.3. The molecule has 132 valence electrons. The summed E-state index contributed by atoms with van der Waals surface area (Å²) in [6, 6.07) is 7.64. The number of benzene rings is 1. The Hall–Kier alpha value is -2.04. The number of methoxy groups -OCH3 is 1. The van der Waals surface area contributed by atoms with Gasteiger partial charge < -0.3 is 15.0 Å². The third kappa shape index (κ3) is 5.55. The summed E-state index contributed by atoms with van der Waals surface area (Å²) in [5.74, 6) is 1.38. The van der Waals surface area contributed by atoms with Crippen LogP contribution in [0.5, 0.6) is 5.75 Å². The third-order valence-electron chi connectivity index (χ3n) is 4.43. The van der Waals surface area contributed by atoms with Crippen LogP contribution in [-0.4, -0.2) is 43.5 Å². The van der Waals surface area contributed by atoms with Crippen molar-refractivity contribution in [3.05, 3.63) is 29.8 Å². The third-order valence-corrected chi connectivity index (χ3v) is 4.43. The van der Waals surface area contributed by atoms with Crippen LogP contribution in [0, 0.1) is 5.92 Å². The second kappa shape index (κ2) is 9.30. The van der Waals surface area contributed by atoms with Crippen molar-refractivity contribution >= 4 is 11.8 Å². The number of carbonyl (C=O) groups excluding carboxylic acids is 2. The lowest BCUT2D eigenvalue weighted by Crippen LogP contribution is -2.44. The molecule has 0 aromatic heterocycles. The molecule has 1 aromatic rings. The number of hydrogen-bond donors (Lipinski definition) is 1. The van der Waals surface area contributed by atoms with Gasteiger partial charge in [-0.05, 0) is 42.9 Å². The highest BCUT2D eigenvalue weighted by Crippen LogP contribution is 2.18. The second-order valence-electron chi connectivity index (χ2n) is 6.43. The Morgan fingerprint density at radius 2 is 2.21 bits per heavy atom. The van der Waals surface area contributed by atoms with Gasteiger partial charge in [0.1, 0.15) is 5.75 Å². The molecule has 0 aliphatic carbocycles. The van der Waals surface area contributed by atoms with Crippen LogP contribution < -0.4 is 10.1 Å². The number of amides is 2. The fraction of sp³-hybridized carbons (Fsp3) is 0.579. The first-order chi connectivity index (χ1) is 11.6. The van der Waals surface area contributed by atoms with Crippen molar-refractivity contribution in [3.8, 4) is 5.75 Å². The van der Waals surface area contributed by atoms with Crippen LogP contribution in [0.15, 0.2) is 24.3 Å². The van der Waals surface area contributed by atoms with Gasteiger partial charge in [0.2, 0.25) is 11.8 Å². The van der Waals surface area contributed by atoms with Crippen molar-refractivity contribution in [2.75, 3.05) is 26.7 Å². The maximum Gasteiger partial charge on any atom is 0.227 e. The number of piperidine rings is 1. The molecule has 24 heavy (non-hydrogen) atoms. The highest BCUT2D eigenvalue weighted by Gasteiger charge is 2.24. The average molecular weight is 332 g/mol. The zero-order valence-electron chi connectivity index (χ0n) is 14.7. The van der Waals surface area contributed by atoms with Gasteiger partial charge in [-0.1, -0.05) is 19.1 Å². The molecular weight excluding hydrogens is 304 g/mol. The number of carbonyl (C=O) groups is 2. The topological polar surface area (TPSA) is 58.6 Å². The summed E-state index contributed by atoms with van der Waals surface area (Å²) in [5, 5.41) is 2.98. The van der Waals surface area contributed by atoms with Crippen LogP contribution in [0.25, 0.3) is 0 Å². The summed E-state index contributed by atoms with van der Waals surface area (Å²) in [4.78, 5) is 26.1. The molecule has 0 radical (unpaired) electrons. The Bertz CT molecular complexity index is 559. The molecule has 1 unspecified atom stereocenters. The largest absolute Gasteiger partial charge is 0.497 e. The van der Waals surface area contributed by atoms with Crippen LogP contribution in [0.3, 0.4) is 0 Å². The van der Waals surface area contributed by atoms with E-state index in [9.17, 15) is 9.59 Å². The van der Waals surface area contributed by atoms with E-state index in [1.807, 2.05) is 36.1 Å². The van der Waals surface area contributed by atoms with E-state index in [0.717, 1.165) is 43.7 Å². The number of rotatable bonds is 7. The number of nitrogens with zero attached hydrogens (tertiary/aromatic N) is 1. The quantitative estimate of drug-likeness (QED) is 0.834. The fourth-order valence-corrected chi connectivity index (χ4v) is 3.10. The first-order valence-electron chi connectivity index (χ1n) is 8.79. The van der Waals surface area contributed by atoms with E-state index in [4.69, 9.17) is 4.74 Å². The van der Waals surface area contributed by atoms with Crippen molar-refractivity contribution in [1.29, 1.82) is 0 Å². The van der Waals surface area contributed by atoms with E-state index in [1.54, 1.807) is 7.11 Å². The van der Waals surface area contributed by atoms with Crippen LogP contribution in [0.1, 0.15) is 38.2 Å². The molecule has 5 heteroatoms. The van der Waals surface area contributed by atoms with Crippen molar-refractivity contribution in [2.45, 2.75) is 39.0 Å². The molecule has 1 aliphatic rings. The SMILES string of the molecule is CCCC(=O)NCC1CCCN(C(=O)Cc2cccc(OC)c2)C1. The standard InChI is InChI=1S/C19H28N2O3/c1-3-6-18(22)20-13-16-8-5-10-21(14-16)19(23)12-15-7-4-9-17(11-15)24-2/h4,7,9,11,16H,3,5-6,8,10,12-14H2,1-2H3,(H,20,22). The highest BCUT2D eigenvalue weighted by atomic mass is 16.5. The minimum absolute atomic E-state index is 0.109. The van der Waals surface area contributed by atoms with Gasteiger partial charge >= 0.3 is 0 Å². The van der Waals surface area contributed by atoms with Crippen LogP contribution in [-0.2, 0) is 16.0 Å². The summed E-state index contributed by atoms with van der Waals surface area (Å²) in [6.07, 6.45) is 3.90. The van der Waals surface area contributed by atoms with Crippen molar-refractivity contribution < 1.29 is 14.3 Å². The molecule has 1 aliphatic heterocycles. The number of nitrogens with one attached hydrogen (secondary N) is 1. The van der Waals surface area contributed by atoms with E-state index in [0.29, 0.717) is 25.3 Å². The molecule has 1 fully saturated rings. The second-order valence-corrected chi connectivity index (χ2v) is 6.43. The molecule has 1 atom stereocenters. The molecule has 2 amide bonds. The Labute approximate surface area is 144 Å². The Morgan fingerprint density at radius 1 is 1.38 bits per heavy atom. The van der Waals surface area contributed by atoms with E-state index >= 15 is 0 Å². The Balaban J connectivity index is 1.84. The summed E-state index contributed by atoms with van der Waals surface area (Å²) in [6.45, 7) is 4.21. The van der Waals surface area contributed by atoms with Gasteiger partial charge in [0, 0.05) is 26.1 Å². The molecule has 1 saturated heterocycles. The Kier molecular flexibility index (Phi) is 7.09. The van der Waals surface area contributed by atoms with Crippen LogP contribution >= 0.6 is 0 Å². The van der Waals surface area contributed by atoms with Crippen LogP contribution in [0.4, 0.5) is 0 Å². The van der Waals surface area contributed by atoms with Gasteiger partial charge in [0.05, 0.1) is 13.5 Å². The highest BCUT2D eigenvalue weighted by molar-refractivity contribution is 5.79. The van der Waals surface area contributed by atoms with Gasteiger partial charge in [0.15, 0.2) is 0 Å². The zero-order chi connectivity index (χ0) is 17.4. The molecule has 5 nitrogen and oxygen atoms in total. The number of ether oxygens (including phenoxy) is 1. The summed E-state index contributed by atoms with van der Waals surface area (Å²) in [7, 11) is 1.63. The summed E-state index contributed by atoms with van der Waals surface area (Å²) < 4.78 is 5.21. The van der Waals surface area contributed by atoms with Gasteiger partial charge in [-0.2, -0.15) is 0 Å². The van der Waals surface area contributed by atoms with E-state index in [1.165, 1.54) is 0 Å². The molecule has 0 saturated carbocycles. The molecular formula is C19H28N2O3. The minimum atomic E-state index is 0.109. The average Bonchev–Trinajstić information content (AvgIpc) is 2.60. The maximum atomic E-state index is 12.6. The molecule has 2 rings (SSSR count). The Morgan fingerprint density at radius 3 is 2.96 bits per heavy atom. The predicted octanol–water partition coefficient (Wildman–Crippen LogP) is 2.39. The molecule has 1 heterocycles. The molecule has 1 aromatic carbocycles.